The molecule has 0 saturated heterocycles. The van der Waals surface area contributed by atoms with Gasteiger partial charge in [0.1, 0.15) is 0 Å². The normalized spacial score (nSPS) is 15.1. The molecule has 1 aromatic carbocycles. The zero-order valence-electron chi connectivity index (χ0n) is 11.6. The Hall–Kier alpha value is -1.11. The summed E-state index contributed by atoms with van der Waals surface area (Å²) >= 11 is 0. The molecular weight excluding hydrogens is 271 g/mol. The highest BCUT2D eigenvalue weighted by Crippen LogP contribution is 2.30. The van der Waals surface area contributed by atoms with Crippen molar-refractivity contribution >= 4 is 0 Å². The molecule has 1 aromatic rings. The summed E-state index contributed by atoms with van der Waals surface area (Å²) in [5, 5.41) is 12.9. The van der Waals surface area contributed by atoms with Crippen LogP contribution in [-0.4, -0.2) is 30.9 Å². The van der Waals surface area contributed by atoms with E-state index in [0.717, 1.165) is 12.1 Å². The van der Waals surface area contributed by atoms with Crippen LogP contribution in [0.3, 0.4) is 0 Å². The van der Waals surface area contributed by atoms with Crippen molar-refractivity contribution in [3.63, 3.8) is 0 Å². The van der Waals surface area contributed by atoms with Crippen molar-refractivity contribution in [2.24, 2.45) is 0 Å². The summed E-state index contributed by atoms with van der Waals surface area (Å²) in [5.74, 6) is 0. The third-order valence-electron chi connectivity index (χ3n) is 2.83. The Balaban J connectivity index is 2.57. The van der Waals surface area contributed by atoms with E-state index >= 15 is 0 Å². The van der Waals surface area contributed by atoms with Crippen LogP contribution >= 0.6 is 0 Å². The number of hydrogen-bond acceptors (Lipinski definition) is 3. The number of aliphatic hydroxyl groups excluding tert-OH is 1. The number of rotatable bonds is 7. The average molecular weight is 291 g/mol. The molecule has 2 atom stereocenters. The summed E-state index contributed by atoms with van der Waals surface area (Å²) in [4.78, 5) is 0. The minimum atomic E-state index is -4.40. The summed E-state index contributed by atoms with van der Waals surface area (Å²) in [6.45, 7) is 5.03. The first-order valence-corrected chi connectivity index (χ1v) is 6.51. The van der Waals surface area contributed by atoms with Crippen molar-refractivity contribution in [1.29, 1.82) is 0 Å². The lowest BCUT2D eigenvalue weighted by atomic mass is 10.1. The molecule has 20 heavy (non-hydrogen) atoms. The molecule has 6 heteroatoms. The van der Waals surface area contributed by atoms with E-state index in [0.29, 0.717) is 13.2 Å². The second kappa shape index (κ2) is 7.61. The average Bonchev–Trinajstić information content (AvgIpc) is 2.41. The fourth-order valence-electron chi connectivity index (χ4n) is 1.71. The summed E-state index contributed by atoms with van der Waals surface area (Å²) in [5.41, 5.74) is -0.507. The molecule has 0 aliphatic carbocycles. The third-order valence-corrected chi connectivity index (χ3v) is 2.83. The molecule has 0 aliphatic rings. The number of benzene rings is 1. The van der Waals surface area contributed by atoms with Gasteiger partial charge in [0.2, 0.25) is 0 Å². The topological polar surface area (TPSA) is 41.5 Å². The Morgan fingerprint density at radius 2 is 2.05 bits per heavy atom. The van der Waals surface area contributed by atoms with Crippen LogP contribution in [0.4, 0.5) is 13.2 Å². The van der Waals surface area contributed by atoms with Crippen molar-refractivity contribution in [2.45, 2.75) is 32.2 Å². The highest BCUT2D eigenvalue weighted by atomic mass is 19.4. The maximum Gasteiger partial charge on any atom is 0.416 e. The van der Waals surface area contributed by atoms with Gasteiger partial charge in [-0.25, -0.2) is 0 Å². The van der Waals surface area contributed by atoms with Gasteiger partial charge in [0.15, 0.2) is 0 Å². The largest absolute Gasteiger partial charge is 0.416 e. The predicted molar refractivity (Wildman–Crippen MR) is 70.4 cm³/mol. The minimum Gasteiger partial charge on any atom is -0.387 e. The Bertz CT molecular complexity index is 410. The van der Waals surface area contributed by atoms with E-state index in [1.54, 1.807) is 0 Å². The molecule has 2 N–H and O–H groups in total. The van der Waals surface area contributed by atoms with Crippen LogP contribution < -0.4 is 5.32 Å². The molecule has 0 bridgehead atoms. The molecule has 0 radical (unpaired) electrons. The first-order valence-electron chi connectivity index (χ1n) is 6.51. The first kappa shape index (κ1) is 16.9. The molecule has 3 nitrogen and oxygen atoms in total. The number of aliphatic hydroxyl groups is 1. The van der Waals surface area contributed by atoms with Crippen molar-refractivity contribution in [3.8, 4) is 0 Å². The SMILES string of the molecule is CCOCC(C)NCC(O)c1cccc(C(F)(F)F)c1. The standard InChI is InChI=1S/C14H20F3NO2/c1-3-20-9-10(2)18-8-13(19)11-5-4-6-12(7-11)14(15,16)17/h4-7,10,13,18-19H,3,8-9H2,1-2H3. The van der Waals surface area contributed by atoms with Gasteiger partial charge in [-0.1, -0.05) is 12.1 Å². The van der Waals surface area contributed by atoms with E-state index in [9.17, 15) is 18.3 Å². The lowest BCUT2D eigenvalue weighted by Crippen LogP contribution is -2.34. The Morgan fingerprint density at radius 3 is 2.65 bits per heavy atom. The fourth-order valence-corrected chi connectivity index (χ4v) is 1.71. The Morgan fingerprint density at radius 1 is 1.35 bits per heavy atom. The summed E-state index contributed by atoms with van der Waals surface area (Å²) < 4.78 is 42.9. The van der Waals surface area contributed by atoms with Crippen LogP contribution in [0.5, 0.6) is 0 Å². The van der Waals surface area contributed by atoms with E-state index in [2.05, 4.69) is 5.32 Å². The van der Waals surface area contributed by atoms with Crippen molar-refractivity contribution < 1.29 is 23.0 Å². The molecule has 0 aromatic heterocycles. The van der Waals surface area contributed by atoms with E-state index < -0.39 is 17.8 Å². The van der Waals surface area contributed by atoms with Gasteiger partial charge in [-0.05, 0) is 31.5 Å². The molecule has 0 amide bonds. The second-order valence-electron chi connectivity index (χ2n) is 4.61. The first-order chi connectivity index (χ1) is 9.34. The maximum absolute atomic E-state index is 12.6. The molecule has 0 aliphatic heterocycles. The smallest absolute Gasteiger partial charge is 0.387 e. The fraction of sp³-hybridized carbons (Fsp3) is 0.571. The monoisotopic (exact) mass is 291 g/mol. The Kier molecular flexibility index (Phi) is 6.45. The molecule has 0 fully saturated rings. The maximum atomic E-state index is 12.6. The third kappa shape index (κ3) is 5.48. The predicted octanol–water partition coefficient (Wildman–Crippen LogP) is 2.75. The van der Waals surface area contributed by atoms with Crippen LogP contribution in [0.15, 0.2) is 24.3 Å². The van der Waals surface area contributed by atoms with Crippen LogP contribution in [0.25, 0.3) is 0 Å². The van der Waals surface area contributed by atoms with Gasteiger partial charge in [-0.2, -0.15) is 13.2 Å². The number of alkyl halides is 3. The second-order valence-corrected chi connectivity index (χ2v) is 4.61. The van der Waals surface area contributed by atoms with E-state index in [-0.39, 0.29) is 18.2 Å². The molecule has 1 rings (SSSR count). The summed E-state index contributed by atoms with van der Waals surface area (Å²) in [6, 6.07) is 4.76. The Labute approximate surface area is 116 Å². The van der Waals surface area contributed by atoms with Gasteiger partial charge in [0.25, 0.3) is 0 Å². The van der Waals surface area contributed by atoms with Gasteiger partial charge in [0.05, 0.1) is 18.3 Å². The van der Waals surface area contributed by atoms with E-state index in [1.807, 2.05) is 13.8 Å². The molecule has 0 heterocycles. The highest BCUT2D eigenvalue weighted by Gasteiger charge is 2.30. The van der Waals surface area contributed by atoms with Gasteiger partial charge < -0.3 is 15.2 Å². The van der Waals surface area contributed by atoms with Gasteiger partial charge in [-0.15, -0.1) is 0 Å². The van der Waals surface area contributed by atoms with Crippen LogP contribution in [-0.2, 0) is 10.9 Å². The van der Waals surface area contributed by atoms with Gasteiger partial charge >= 0.3 is 6.18 Å². The lowest BCUT2D eigenvalue weighted by Gasteiger charge is -2.18. The highest BCUT2D eigenvalue weighted by molar-refractivity contribution is 5.27. The zero-order valence-corrected chi connectivity index (χ0v) is 11.6. The molecule has 0 spiro atoms. The van der Waals surface area contributed by atoms with E-state index in [1.165, 1.54) is 12.1 Å². The molecule has 114 valence electrons. The summed E-state index contributed by atoms with van der Waals surface area (Å²) in [6.07, 6.45) is -5.38. The number of hydrogen-bond donors (Lipinski definition) is 2. The summed E-state index contributed by atoms with van der Waals surface area (Å²) in [7, 11) is 0. The van der Waals surface area contributed by atoms with E-state index in [4.69, 9.17) is 4.74 Å². The van der Waals surface area contributed by atoms with Crippen molar-refractivity contribution in [3.05, 3.63) is 35.4 Å². The van der Waals surface area contributed by atoms with Crippen LogP contribution in [0, 0.1) is 0 Å². The van der Waals surface area contributed by atoms with Crippen molar-refractivity contribution in [2.75, 3.05) is 19.8 Å². The van der Waals surface area contributed by atoms with Crippen LogP contribution in [0.1, 0.15) is 31.1 Å². The zero-order chi connectivity index (χ0) is 15.2. The quantitative estimate of drug-likeness (QED) is 0.811. The minimum absolute atomic E-state index is 0.0235. The van der Waals surface area contributed by atoms with Crippen molar-refractivity contribution in [1.82, 2.24) is 5.32 Å². The molecule has 2 unspecified atom stereocenters. The number of nitrogens with one attached hydrogen (secondary N) is 1. The van der Waals surface area contributed by atoms with Gasteiger partial charge in [0, 0.05) is 19.2 Å². The lowest BCUT2D eigenvalue weighted by molar-refractivity contribution is -0.137. The van der Waals surface area contributed by atoms with Gasteiger partial charge in [-0.3, -0.25) is 0 Å². The molecular formula is C14H20F3NO2. The number of ether oxygens (including phenoxy) is 1. The van der Waals surface area contributed by atoms with Crippen LogP contribution in [0.2, 0.25) is 0 Å². The number of halogens is 3. The molecule has 0 saturated carbocycles.